The Bertz CT molecular complexity index is 1190. The Kier molecular flexibility index (Phi) is 5.59. The molecule has 1 aromatic carbocycles. The summed E-state index contributed by atoms with van der Waals surface area (Å²) in [6.07, 6.45) is 3.22. The molecular weight excluding hydrogens is 405 g/mol. The van der Waals surface area contributed by atoms with Crippen LogP contribution in [0, 0.1) is 5.82 Å². The van der Waals surface area contributed by atoms with E-state index in [1.54, 1.807) is 19.2 Å². The summed E-state index contributed by atoms with van der Waals surface area (Å²) in [4.78, 5) is 19.4. The molecule has 0 amide bonds. The normalized spacial score (nSPS) is 15.6. The number of hydrogen-bond acceptors (Lipinski definition) is 7. The van der Waals surface area contributed by atoms with E-state index < -0.39 is 5.97 Å². The van der Waals surface area contributed by atoms with Gasteiger partial charge >= 0.3 is 5.97 Å². The molecule has 2 aromatic heterocycles. The first-order chi connectivity index (χ1) is 15.0. The Morgan fingerprint density at radius 2 is 2.39 bits per heavy atom. The van der Waals surface area contributed by atoms with Crippen molar-refractivity contribution in [2.75, 3.05) is 18.5 Å². The summed E-state index contributed by atoms with van der Waals surface area (Å²) in [5.41, 5.74) is 10.5. The molecule has 11 heteroatoms. The van der Waals surface area contributed by atoms with Crippen LogP contribution in [0.4, 0.5) is 10.2 Å². The van der Waals surface area contributed by atoms with Crippen LogP contribution in [-0.4, -0.2) is 39.8 Å². The molecule has 0 spiro atoms. The zero-order valence-corrected chi connectivity index (χ0v) is 16.9. The molecule has 31 heavy (non-hydrogen) atoms. The number of rotatable bonds is 7. The summed E-state index contributed by atoms with van der Waals surface area (Å²) in [6.45, 7) is 4.00. The van der Waals surface area contributed by atoms with Gasteiger partial charge in [0.15, 0.2) is 5.65 Å². The number of halogens is 1. The van der Waals surface area contributed by atoms with Crippen molar-refractivity contribution in [2.45, 2.75) is 32.4 Å². The maximum atomic E-state index is 14.2. The minimum absolute atomic E-state index is 0.171. The van der Waals surface area contributed by atoms with Crippen molar-refractivity contribution < 1.29 is 18.7 Å². The Hall–Kier alpha value is -3.85. The summed E-state index contributed by atoms with van der Waals surface area (Å²) in [5.74, 6) is 0.182. The summed E-state index contributed by atoms with van der Waals surface area (Å²) in [7, 11) is 0. The minimum atomic E-state index is -0.502. The van der Waals surface area contributed by atoms with Crippen molar-refractivity contribution in [3.63, 3.8) is 0 Å². The first-order valence-corrected chi connectivity index (χ1v) is 9.78. The molecule has 1 unspecified atom stereocenters. The van der Waals surface area contributed by atoms with Crippen molar-refractivity contribution in [2.24, 2.45) is 5.11 Å². The SMILES string of the molecule is CCOC(=O)c1cnn2ccc(N[C@H](C)c3cc(F)cc4c3OC(CN=[N+]=[N-])C4)nc12. The highest BCUT2D eigenvalue weighted by atomic mass is 19.1. The quantitative estimate of drug-likeness (QED) is 0.265. The van der Waals surface area contributed by atoms with Gasteiger partial charge in [0.05, 0.1) is 25.4 Å². The van der Waals surface area contributed by atoms with Gasteiger partial charge in [-0.1, -0.05) is 5.11 Å². The predicted molar refractivity (Wildman–Crippen MR) is 110 cm³/mol. The van der Waals surface area contributed by atoms with Crippen molar-refractivity contribution in [3.05, 3.63) is 63.5 Å². The van der Waals surface area contributed by atoms with E-state index in [-0.39, 0.29) is 36.7 Å². The van der Waals surface area contributed by atoms with E-state index >= 15 is 0 Å². The van der Waals surface area contributed by atoms with Gasteiger partial charge in [0.1, 0.15) is 29.1 Å². The van der Waals surface area contributed by atoms with E-state index in [0.29, 0.717) is 29.2 Å². The second-order valence-electron chi connectivity index (χ2n) is 7.07. The molecule has 0 aliphatic carbocycles. The number of anilines is 1. The van der Waals surface area contributed by atoms with Gasteiger partial charge in [-0.05, 0) is 37.6 Å². The number of nitrogens with zero attached hydrogens (tertiary/aromatic N) is 6. The molecule has 3 aromatic rings. The van der Waals surface area contributed by atoms with Crippen LogP contribution in [-0.2, 0) is 11.2 Å². The van der Waals surface area contributed by atoms with Crippen LogP contribution in [0.3, 0.4) is 0 Å². The lowest BCUT2D eigenvalue weighted by atomic mass is 10.0. The van der Waals surface area contributed by atoms with Crippen LogP contribution in [0.5, 0.6) is 5.75 Å². The maximum Gasteiger partial charge on any atom is 0.343 e. The molecule has 2 atom stereocenters. The second-order valence-corrected chi connectivity index (χ2v) is 7.07. The highest BCUT2D eigenvalue weighted by Gasteiger charge is 2.28. The van der Waals surface area contributed by atoms with Crippen LogP contribution in [0.1, 0.15) is 41.4 Å². The van der Waals surface area contributed by atoms with E-state index in [2.05, 4.69) is 25.4 Å². The molecule has 10 nitrogen and oxygen atoms in total. The Morgan fingerprint density at radius 1 is 1.55 bits per heavy atom. The molecule has 0 saturated heterocycles. The van der Waals surface area contributed by atoms with Gasteiger partial charge < -0.3 is 14.8 Å². The Morgan fingerprint density at radius 3 is 3.16 bits per heavy atom. The molecule has 4 rings (SSSR count). The van der Waals surface area contributed by atoms with E-state index in [4.69, 9.17) is 15.0 Å². The number of benzene rings is 1. The van der Waals surface area contributed by atoms with Crippen molar-refractivity contribution in [1.82, 2.24) is 14.6 Å². The number of nitrogens with one attached hydrogen (secondary N) is 1. The van der Waals surface area contributed by atoms with E-state index in [0.717, 1.165) is 5.56 Å². The molecule has 3 heterocycles. The third-order valence-electron chi connectivity index (χ3n) is 4.94. The van der Waals surface area contributed by atoms with E-state index in [9.17, 15) is 9.18 Å². The van der Waals surface area contributed by atoms with Crippen molar-refractivity contribution in [1.29, 1.82) is 0 Å². The lowest BCUT2D eigenvalue weighted by Crippen LogP contribution is -2.17. The molecule has 1 N–H and O–H groups in total. The first-order valence-electron chi connectivity index (χ1n) is 9.78. The highest BCUT2D eigenvalue weighted by Crippen LogP contribution is 2.38. The van der Waals surface area contributed by atoms with Gasteiger partial charge in [0.2, 0.25) is 0 Å². The largest absolute Gasteiger partial charge is 0.489 e. The van der Waals surface area contributed by atoms with Gasteiger partial charge in [-0.15, -0.1) is 0 Å². The highest BCUT2D eigenvalue weighted by molar-refractivity contribution is 5.95. The summed E-state index contributed by atoms with van der Waals surface area (Å²) < 4.78 is 26.7. The summed E-state index contributed by atoms with van der Waals surface area (Å²) >= 11 is 0. The van der Waals surface area contributed by atoms with Crippen molar-refractivity contribution >= 4 is 17.4 Å². The molecule has 160 valence electrons. The van der Waals surface area contributed by atoms with Gasteiger partial charge in [-0.3, -0.25) is 0 Å². The smallest absolute Gasteiger partial charge is 0.343 e. The van der Waals surface area contributed by atoms with Gasteiger partial charge in [0, 0.05) is 28.7 Å². The lowest BCUT2D eigenvalue weighted by Gasteiger charge is -2.19. The molecule has 1 aliphatic heterocycles. The van der Waals surface area contributed by atoms with Gasteiger partial charge in [-0.2, -0.15) is 5.10 Å². The monoisotopic (exact) mass is 425 g/mol. The number of fused-ring (bicyclic) bond motifs is 2. The first kappa shape index (κ1) is 20.4. The average Bonchev–Trinajstić information content (AvgIpc) is 3.35. The fourth-order valence-electron chi connectivity index (χ4n) is 3.57. The standard InChI is InChI=1S/C20H20FN7O3/c1-3-30-20(29)16-10-24-28-5-4-17(26-19(16)28)25-11(2)15-8-13(21)6-12-7-14(9-23-27-22)31-18(12)15/h4-6,8,10-11,14H,3,7,9H2,1-2H3,(H,25,26)/t11-,14?/m1/s1. The van der Waals surface area contributed by atoms with Gasteiger partial charge in [0.25, 0.3) is 0 Å². The fourth-order valence-corrected chi connectivity index (χ4v) is 3.57. The second kappa shape index (κ2) is 8.49. The van der Waals surface area contributed by atoms with Crippen LogP contribution < -0.4 is 10.1 Å². The minimum Gasteiger partial charge on any atom is -0.489 e. The van der Waals surface area contributed by atoms with Crippen LogP contribution in [0.2, 0.25) is 0 Å². The van der Waals surface area contributed by atoms with Crippen molar-refractivity contribution in [3.8, 4) is 5.75 Å². The third kappa shape index (κ3) is 4.08. The van der Waals surface area contributed by atoms with Crippen LogP contribution in [0.15, 0.2) is 35.7 Å². The summed E-state index contributed by atoms with van der Waals surface area (Å²) in [5, 5.41) is 10.9. The van der Waals surface area contributed by atoms with Crippen LogP contribution in [0.25, 0.3) is 16.1 Å². The third-order valence-corrected chi connectivity index (χ3v) is 4.94. The predicted octanol–water partition coefficient (Wildman–Crippen LogP) is 3.83. The molecule has 0 saturated carbocycles. The molecule has 1 aliphatic rings. The topological polar surface area (TPSA) is 127 Å². The number of azide groups is 1. The number of ether oxygens (including phenoxy) is 2. The Labute approximate surface area is 176 Å². The number of carbonyl (C=O) groups excluding carboxylic acids is 1. The Balaban J connectivity index is 1.60. The number of aromatic nitrogens is 3. The zero-order chi connectivity index (χ0) is 22.0. The van der Waals surface area contributed by atoms with Gasteiger partial charge in [-0.25, -0.2) is 18.7 Å². The average molecular weight is 425 g/mol. The van der Waals surface area contributed by atoms with Crippen LogP contribution >= 0.6 is 0 Å². The van der Waals surface area contributed by atoms with E-state index in [1.165, 1.54) is 22.8 Å². The molecular formula is C20H20FN7O3. The summed E-state index contributed by atoms with van der Waals surface area (Å²) in [6, 6.07) is 4.19. The number of esters is 1. The zero-order valence-electron chi connectivity index (χ0n) is 16.9. The van der Waals surface area contributed by atoms with E-state index in [1.807, 2.05) is 6.92 Å². The maximum absolute atomic E-state index is 14.2. The number of carbonyl (C=O) groups is 1. The molecule has 0 radical (unpaired) electrons. The molecule has 0 bridgehead atoms. The fraction of sp³-hybridized carbons (Fsp3) is 0.350. The molecule has 0 fully saturated rings. The number of hydrogen-bond donors (Lipinski definition) is 1. The lowest BCUT2D eigenvalue weighted by molar-refractivity contribution is 0.0528.